The minimum Gasteiger partial charge on any atom is -0.496 e. The van der Waals surface area contributed by atoms with Gasteiger partial charge in [0.05, 0.1) is 12.8 Å². The monoisotopic (exact) mass is 322 g/mol. The lowest BCUT2D eigenvalue weighted by molar-refractivity contribution is -0.124. The quantitative estimate of drug-likeness (QED) is 0.370. The van der Waals surface area contributed by atoms with Crippen molar-refractivity contribution in [2.24, 2.45) is 0 Å². The fourth-order valence-electron chi connectivity index (χ4n) is 2.01. The first-order valence-electron chi connectivity index (χ1n) is 7.22. The zero-order valence-corrected chi connectivity index (χ0v) is 13.3. The van der Waals surface area contributed by atoms with Gasteiger partial charge in [0, 0.05) is 17.8 Å². The molecule has 0 radical (unpaired) electrons. The molecule has 0 bridgehead atoms. The Morgan fingerprint density at radius 1 is 1.21 bits per heavy atom. The van der Waals surface area contributed by atoms with Gasteiger partial charge in [-0.15, -0.1) is 0 Å². The minimum atomic E-state index is -0.603. The number of para-hydroxylation sites is 1. The largest absolute Gasteiger partial charge is 0.496 e. The maximum Gasteiger partial charge on any atom is 0.267 e. The normalized spacial score (nSPS) is 10.9. The molecule has 0 saturated heterocycles. The van der Waals surface area contributed by atoms with Gasteiger partial charge < -0.3 is 4.74 Å². The summed E-state index contributed by atoms with van der Waals surface area (Å²) in [5.41, 5.74) is 4.79. The SMILES string of the molecule is C=C(/C=C/c1ccc(/C=C/C(=O)NO)nc1)c1ccccc1OC. The predicted molar refractivity (Wildman–Crippen MR) is 94.3 cm³/mol. The van der Waals surface area contributed by atoms with Gasteiger partial charge in [-0.25, -0.2) is 5.48 Å². The van der Waals surface area contributed by atoms with Crippen LogP contribution < -0.4 is 10.2 Å². The number of amides is 1. The maximum absolute atomic E-state index is 10.9. The summed E-state index contributed by atoms with van der Waals surface area (Å²) in [6, 6.07) is 11.3. The number of ether oxygens (including phenoxy) is 1. The molecule has 24 heavy (non-hydrogen) atoms. The lowest BCUT2D eigenvalue weighted by Gasteiger charge is -2.07. The summed E-state index contributed by atoms with van der Waals surface area (Å²) in [4.78, 5) is 15.1. The van der Waals surface area contributed by atoms with Crippen molar-refractivity contribution in [3.8, 4) is 5.75 Å². The number of hydrogen-bond acceptors (Lipinski definition) is 4. The van der Waals surface area contributed by atoms with Crippen molar-refractivity contribution in [3.05, 3.63) is 78.1 Å². The smallest absolute Gasteiger partial charge is 0.267 e. The summed E-state index contributed by atoms with van der Waals surface area (Å²) in [6.45, 7) is 4.06. The van der Waals surface area contributed by atoms with E-state index in [1.807, 2.05) is 42.5 Å². The number of nitrogens with one attached hydrogen (secondary N) is 1. The van der Waals surface area contributed by atoms with Gasteiger partial charge in [0.1, 0.15) is 5.75 Å². The van der Waals surface area contributed by atoms with Crippen LogP contribution in [0.25, 0.3) is 17.7 Å². The summed E-state index contributed by atoms with van der Waals surface area (Å²) in [5.74, 6) is 0.168. The molecule has 5 heteroatoms. The van der Waals surface area contributed by atoms with Crippen LogP contribution in [0.15, 0.2) is 61.3 Å². The lowest BCUT2D eigenvalue weighted by Crippen LogP contribution is -2.14. The standard InChI is InChI=1S/C19H18N2O3/c1-14(17-5-3-4-6-18(17)24-2)7-8-15-9-10-16(20-13-15)11-12-19(22)21-23/h3-13,23H,1H2,2H3,(H,21,22)/b8-7+,12-11+. The number of allylic oxidation sites excluding steroid dienone is 2. The highest BCUT2D eigenvalue weighted by Crippen LogP contribution is 2.25. The summed E-state index contributed by atoms with van der Waals surface area (Å²) in [6.07, 6.45) is 8.18. The van der Waals surface area contributed by atoms with Crippen molar-refractivity contribution in [2.45, 2.75) is 0 Å². The molecule has 0 aliphatic heterocycles. The van der Waals surface area contributed by atoms with Crippen molar-refractivity contribution in [2.75, 3.05) is 7.11 Å². The van der Waals surface area contributed by atoms with Crippen molar-refractivity contribution in [3.63, 3.8) is 0 Å². The number of aromatic nitrogens is 1. The number of nitrogens with zero attached hydrogens (tertiary/aromatic N) is 1. The number of hydrogen-bond donors (Lipinski definition) is 2. The Bertz CT molecular complexity index is 777. The Morgan fingerprint density at radius 2 is 2.00 bits per heavy atom. The average molecular weight is 322 g/mol. The van der Waals surface area contributed by atoms with Crippen molar-refractivity contribution in [1.82, 2.24) is 10.5 Å². The molecule has 1 amide bonds. The number of rotatable bonds is 6. The van der Waals surface area contributed by atoms with E-state index in [1.54, 1.807) is 19.4 Å². The molecule has 122 valence electrons. The third-order valence-electron chi connectivity index (χ3n) is 3.25. The fraction of sp³-hybridized carbons (Fsp3) is 0.0526. The molecular weight excluding hydrogens is 304 g/mol. The molecule has 0 aliphatic carbocycles. The molecule has 5 nitrogen and oxygen atoms in total. The van der Waals surface area contributed by atoms with Gasteiger partial charge in [0.15, 0.2) is 0 Å². The molecule has 0 aliphatic rings. The zero-order chi connectivity index (χ0) is 17.4. The van der Waals surface area contributed by atoms with Crippen LogP contribution in [0.3, 0.4) is 0 Å². The molecule has 2 N–H and O–H groups in total. The number of benzene rings is 1. The van der Waals surface area contributed by atoms with Crippen LogP contribution in [0.4, 0.5) is 0 Å². The van der Waals surface area contributed by atoms with Crippen LogP contribution in [-0.4, -0.2) is 23.2 Å². The zero-order valence-electron chi connectivity index (χ0n) is 13.3. The second-order valence-electron chi connectivity index (χ2n) is 4.88. The molecule has 0 unspecified atom stereocenters. The Hall–Kier alpha value is -3.18. The van der Waals surface area contributed by atoms with E-state index in [0.717, 1.165) is 22.4 Å². The maximum atomic E-state index is 10.9. The second-order valence-corrected chi connectivity index (χ2v) is 4.88. The van der Waals surface area contributed by atoms with Crippen molar-refractivity contribution in [1.29, 1.82) is 0 Å². The first kappa shape index (κ1) is 17.2. The van der Waals surface area contributed by atoms with Crippen LogP contribution in [0, 0.1) is 0 Å². The average Bonchev–Trinajstić information content (AvgIpc) is 2.64. The molecule has 0 saturated carbocycles. The van der Waals surface area contributed by atoms with E-state index < -0.39 is 5.91 Å². The summed E-state index contributed by atoms with van der Waals surface area (Å²) in [7, 11) is 1.63. The number of pyridine rings is 1. The van der Waals surface area contributed by atoms with Gasteiger partial charge in [-0.1, -0.05) is 43.0 Å². The van der Waals surface area contributed by atoms with E-state index in [-0.39, 0.29) is 0 Å². The first-order chi connectivity index (χ1) is 11.6. The number of hydroxylamine groups is 1. The third-order valence-corrected chi connectivity index (χ3v) is 3.25. The molecule has 2 aromatic rings. The summed E-state index contributed by atoms with van der Waals surface area (Å²) in [5, 5.41) is 8.41. The first-order valence-corrected chi connectivity index (χ1v) is 7.22. The molecule has 0 fully saturated rings. The van der Waals surface area contributed by atoms with E-state index in [4.69, 9.17) is 9.94 Å². The molecule has 0 atom stereocenters. The van der Waals surface area contributed by atoms with E-state index in [9.17, 15) is 4.79 Å². The summed E-state index contributed by atoms with van der Waals surface area (Å²) >= 11 is 0. The van der Waals surface area contributed by atoms with Gasteiger partial charge in [-0.2, -0.15) is 0 Å². The fourth-order valence-corrected chi connectivity index (χ4v) is 2.01. The molecule has 2 rings (SSSR count). The molecule has 1 aromatic carbocycles. The molecule has 0 spiro atoms. The lowest BCUT2D eigenvalue weighted by atomic mass is 10.1. The van der Waals surface area contributed by atoms with Crippen LogP contribution >= 0.6 is 0 Å². The number of methoxy groups -OCH3 is 1. The van der Waals surface area contributed by atoms with Crippen LogP contribution in [0.5, 0.6) is 5.75 Å². The van der Waals surface area contributed by atoms with E-state index >= 15 is 0 Å². The van der Waals surface area contributed by atoms with Gasteiger partial charge in [-0.3, -0.25) is 15.0 Å². The topological polar surface area (TPSA) is 71.5 Å². The third kappa shape index (κ3) is 4.66. The molecular formula is C19H18N2O3. The highest BCUT2D eigenvalue weighted by Gasteiger charge is 2.02. The number of carbonyl (C=O) groups excluding carboxylic acids is 1. The van der Waals surface area contributed by atoms with Crippen LogP contribution in [0.1, 0.15) is 16.8 Å². The van der Waals surface area contributed by atoms with Gasteiger partial charge in [0.25, 0.3) is 5.91 Å². The predicted octanol–water partition coefficient (Wildman–Crippen LogP) is 3.34. The van der Waals surface area contributed by atoms with Crippen LogP contribution in [0.2, 0.25) is 0 Å². The highest BCUT2D eigenvalue weighted by atomic mass is 16.5. The Balaban J connectivity index is 2.08. The van der Waals surface area contributed by atoms with Gasteiger partial charge in [0.2, 0.25) is 0 Å². The van der Waals surface area contributed by atoms with Gasteiger partial charge >= 0.3 is 0 Å². The Morgan fingerprint density at radius 3 is 2.67 bits per heavy atom. The van der Waals surface area contributed by atoms with Crippen molar-refractivity contribution >= 4 is 23.6 Å². The number of carbonyl (C=O) groups is 1. The second kappa shape index (κ2) is 8.45. The van der Waals surface area contributed by atoms with E-state index in [1.165, 1.54) is 17.6 Å². The summed E-state index contributed by atoms with van der Waals surface area (Å²) < 4.78 is 5.32. The molecule has 1 aromatic heterocycles. The van der Waals surface area contributed by atoms with E-state index in [2.05, 4.69) is 11.6 Å². The molecule has 1 heterocycles. The minimum absolute atomic E-state index is 0.603. The van der Waals surface area contributed by atoms with Gasteiger partial charge in [-0.05, 0) is 29.3 Å². The van der Waals surface area contributed by atoms with E-state index in [0.29, 0.717) is 5.69 Å². The Kier molecular flexibility index (Phi) is 6.05. The van der Waals surface area contributed by atoms with Crippen molar-refractivity contribution < 1.29 is 14.7 Å². The van der Waals surface area contributed by atoms with Crippen LogP contribution in [-0.2, 0) is 4.79 Å². The Labute approximate surface area is 140 Å². The highest BCUT2D eigenvalue weighted by molar-refractivity contribution is 5.90.